The van der Waals surface area contributed by atoms with Crippen LogP contribution in [0.4, 0.5) is 4.79 Å². The molecule has 11 heteroatoms. The summed E-state index contributed by atoms with van der Waals surface area (Å²) in [5, 5.41) is 5.63. The minimum atomic E-state index is -4.12. The highest BCUT2D eigenvalue weighted by Crippen LogP contribution is 2.57. The van der Waals surface area contributed by atoms with Crippen LogP contribution in [0.3, 0.4) is 0 Å². The van der Waals surface area contributed by atoms with Crippen molar-refractivity contribution in [1.29, 1.82) is 0 Å². The van der Waals surface area contributed by atoms with Crippen LogP contribution in [0.15, 0.2) is 60.7 Å². The first-order valence-corrected chi connectivity index (χ1v) is 16.3. The Morgan fingerprint density at radius 3 is 1.81 bits per heavy atom. The highest BCUT2D eigenvalue weighted by molar-refractivity contribution is 7.55. The molecule has 1 fully saturated rings. The molecule has 1 heterocycles. The lowest BCUT2D eigenvalue weighted by Gasteiger charge is -2.37. The smallest absolute Gasteiger partial charge is 0.444 e. The lowest BCUT2D eigenvalue weighted by molar-refractivity contribution is -0.141. The summed E-state index contributed by atoms with van der Waals surface area (Å²) in [5.74, 6) is -1.53. The minimum absolute atomic E-state index is 0.259. The standard InChI is InChI=1S/C32H46N3O7P/c1-22(2)26(33-30(38)40-32(6,7)8)28(37)35-21-15-20-25(35)27(36)34-29(31(3,4)5)43(39,41-23-16-11-9-12-17-23)42-24-18-13-10-14-19-24/h9-14,16-19,22,25-26,29H,15,20-21H2,1-8H3,(H,33,38)(H,34,36)/t25-,26-,29?/m0/s1. The third-order valence-corrected chi connectivity index (χ3v) is 9.28. The van der Waals surface area contributed by atoms with Gasteiger partial charge in [-0.3, -0.25) is 9.59 Å². The molecule has 236 valence electrons. The van der Waals surface area contributed by atoms with Gasteiger partial charge >= 0.3 is 13.7 Å². The Morgan fingerprint density at radius 2 is 1.37 bits per heavy atom. The summed E-state index contributed by atoms with van der Waals surface area (Å²) in [7, 11) is -4.12. The zero-order valence-corrected chi connectivity index (χ0v) is 27.4. The topological polar surface area (TPSA) is 123 Å². The SMILES string of the molecule is CC(C)[C@H](NC(=O)OC(C)(C)C)C(=O)N1CCC[C@H]1C(=O)NC(C(C)(C)C)P(=O)(Oc1ccccc1)Oc1ccccc1. The monoisotopic (exact) mass is 615 g/mol. The van der Waals surface area contributed by atoms with Gasteiger partial charge in [-0.15, -0.1) is 0 Å². The molecule has 0 saturated carbocycles. The number of alkyl carbamates (subject to hydrolysis) is 1. The molecule has 1 saturated heterocycles. The average Bonchev–Trinajstić information content (AvgIpc) is 3.39. The van der Waals surface area contributed by atoms with Gasteiger partial charge in [-0.1, -0.05) is 71.0 Å². The first kappa shape index (κ1) is 34.0. The predicted octanol–water partition coefficient (Wildman–Crippen LogP) is 6.37. The van der Waals surface area contributed by atoms with Gasteiger partial charge in [-0.25, -0.2) is 9.36 Å². The van der Waals surface area contributed by atoms with Gasteiger partial charge in [0.25, 0.3) is 0 Å². The molecule has 10 nitrogen and oxygen atoms in total. The van der Waals surface area contributed by atoms with E-state index in [1.165, 1.54) is 4.90 Å². The van der Waals surface area contributed by atoms with Crippen molar-refractivity contribution in [2.24, 2.45) is 11.3 Å². The van der Waals surface area contributed by atoms with Gasteiger partial charge in [-0.2, -0.15) is 0 Å². The van der Waals surface area contributed by atoms with Crippen LogP contribution < -0.4 is 19.7 Å². The van der Waals surface area contributed by atoms with Gasteiger partial charge in [0.15, 0.2) is 5.78 Å². The number of hydrogen-bond donors (Lipinski definition) is 2. The van der Waals surface area contributed by atoms with Crippen LogP contribution in [0.25, 0.3) is 0 Å². The Kier molecular flexibility index (Phi) is 10.9. The van der Waals surface area contributed by atoms with Crippen LogP contribution in [0, 0.1) is 11.3 Å². The first-order valence-electron chi connectivity index (χ1n) is 14.7. The maximum atomic E-state index is 14.7. The van der Waals surface area contributed by atoms with Gasteiger partial charge in [0.05, 0.1) is 0 Å². The van der Waals surface area contributed by atoms with E-state index in [0.29, 0.717) is 30.9 Å². The molecule has 1 aliphatic heterocycles. The van der Waals surface area contributed by atoms with Gasteiger partial charge in [0.1, 0.15) is 29.2 Å². The van der Waals surface area contributed by atoms with Gasteiger partial charge in [0, 0.05) is 6.54 Å². The van der Waals surface area contributed by atoms with E-state index in [2.05, 4.69) is 10.6 Å². The second-order valence-corrected chi connectivity index (χ2v) is 15.1. The van der Waals surface area contributed by atoms with E-state index >= 15 is 0 Å². The van der Waals surface area contributed by atoms with Crippen molar-refractivity contribution >= 4 is 25.5 Å². The number of para-hydroxylation sites is 2. The van der Waals surface area contributed by atoms with Crippen molar-refractivity contribution in [3.8, 4) is 11.5 Å². The molecule has 0 bridgehead atoms. The number of amides is 3. The molecule has 3 atom stereocenters. The summed E-state index contributed by atoms with van der Waals surface area (Å²) < 4.78 is 32.2. The van der Waals surface area contributed by atoms with Crippen molar-refractivity contribution in [1.82, 2.24) is 15.5 Å². The second kappa shape index (κ2) is 13.8. The number of rotatable bonds is 10. The molecule has 0 aliphatic carbocycles. The molecule has 3 rings (SSSR count). The van der Waals surface area contributed by atoms with Crippen molar-refractivity contribution < 1.29 is 32.7 Å². The van der Waals surface area contributed by atoms with Crippen LogP contribution in [0.1, 0.15) is 68.2 Å². The molecular weight excluding hydrogens is 569 g/mol. The van der Waals surface area contributed by atoms with E-state index < -0.39 is 48.5 Å². The molecule has 43 heavy (non-hydrogen) atoms. The van der Waals surface area contributed by atoms with Crippen LogP contribution >= 0.6 is 7.60 Å². The van der Waals surface area contributed by atoms with Gasteiger partial charge in [0.2, 0.25) is 11.8 Å². The summed E-state index contributed by atoms with van der Waals surface area (Å²) in [5.41, 5.74) is -1.51. The molecule has 1 aliphatic rings. The van der Waals surface area contributed by atoms with E-state index in [1.54, 1.807) is 69.3 Å². The number of nitrogens with zero attached hydrogens (tertiary/aromatic N) is 1. The highest BCUT2D eigenvalue weighted by Gasteiger charge is 2.49. The van der Waals surface area contributed by atoms with E-state index in [-0.39, 0.29) is 11.8 Å². The molecule has 3 amide bonds. The fourth-order valence-corrected chi connectivity index (χ4v) is 7.12. The summed E-state index contributed by atoms with van der Waals surface area (Å²) in [4.78, 5) is 41.7. The average molecular weight is 616 g/mol. The maximum Gasteiger partial charge on any atom is 0.453 e. The Morgan fingerprint density at radius 1 is 0.860 bits per heavy atom. The highest BCUT2D eigenvalue weighted by atomic mass is 31.2. The first-order chi connectivity index (χ1) is 20.0. The summed E-state index contributed by atoms with van der Waals surface area (Å²) >= 11 is 0. The number of hydrogen-bond acceptors (Lipinski definition) is 7. The van der Waals surface area contributed by atoms with E-state index in [9.17, 15) is 18.9 Å². The number of ether oxygens (including phenoxy) is 1. The van der Waals surface area contributed by atoms with Gasteiger partial charge in [-0.05, 0) is 69.2 Å². The van der Waals surface area contributed by atoms with Gasteiger partial charge < -0.3 is 29.3 Å². The molecular formula is C32H46N3O7P. The van der Waals surface area contributed by atoms with E-state index in [1.807, 2.05) is 46.8 Å². The summed E-state index contributed by atoms with van der Waals surface area (Å²) in [6, 6.07) is 15.6. The Hall–Kier alpha value is -3.52. The largest absolute Gasteiger partial charge is 0.453 e. The van der Waals surface area contributed by atoms with Crippen molar-refractivity contribution in [2.75, 3.05) is 6.54 Å². The summed E-state index contributed by atoms with van der Waals surface area (Å²) in [6.45, 7) is 14.7. The minimum Gasteiger partial charge on any atom is -0.444 e. The summed E-state index contributed by atoms with van der Waals surface area (Å²) in [6.07, 6.45) is 0.305. The number of carbonyl (C=O) groups excluding carboxylic acids is 3. The number of nitrogens with one attached hydrogen (secondary N) is 2. The number of likely N-dealkylation sites (tertiary alicyclic amines) is 1. The van der Waals surface area contributed by atoms with Crippen LogP contribution in [-0.2, 0) is 18.9 Å². The molecule has 2 aromatic rings. The van der Waals surface area contributed by atoms with Crippen LogP contribution in [0.5, 0.6) is 11.5 Å². The van der Waals surface area contributed by atoms with Crippen molar-refractivity contribution in [3.05, 3.63) is 60.7 Å². The zero-order valence-electron chi connectivity index (χ0n) is 26.5. The molecule has 0 radical (unpaired) electrons. The number of carbonyl (C=O) groups is 3. The predicted molar refractivity (Wildman–Crippen MR) is 166 cm³/mol. The van der Waals surface area contributed by atoms with E-state index in [4.69, 9.17) is 13.8 Å². The van der Waals surface area contributed by atoms with Crippen molar-refractivity contribution in [3.63, 3.8) is 0 Å². The van der Waals surface area contributed by atoms with Crippen LogP contribution in [-0.4, -0.2) is 52.8 Å². The lowest BCUT2D eigenvalue weighted by atomic mass is 9.96. The van der Waals surface area contributed by atoms with Crippen LogP contribution in [0.2, 0.25) is 0 Å². The molecule has 0 spiro atoms. The molecule has 2 aromatic carbocycles. The maximum absolute atomic E-state index is 14.7. The van der Waals surface area contributed by atoms with E-state index in [0.717, 1.165) is 0 Å². The third-order valence-electron chi connectivity index (χ3n) is 6.81. The fraction of sp³-hybridized carbons (Fsp3) is 0.531. The normalized spacial score (nSPS) is 17.1. The fourth-order valence-electron chi connectivity index (χ4n) is 4.81. The molecule has 2 N–H and O–H groups in total. The number of benzene rings is 2. The Bertz CT molecular complexity index is 1240. The molecule has 0 aromatic heterocycles. The Labute approximate surface area is 255 Å². The van der Waals surface area contributed by atoms with Crippen molar-refractivity contribution in [2.45, 2.75) is 91.7 Å². The quantitative estimate of drug-likeness (QED) is 0.298. The second-order valence-electron chi connectivity index (χ2n) is 13.2. The molecule has 1 unspecified atom stereocenters. The zero-order chi connectivity index (χ0) is 32.0. The lowest BCUT2D eigenvalue weighted by Crippen LogP contribution is -2.57. The Balaban J connectivity index is 1.89. The third kappa shape index (κ3) is 9.48.